The Kier molecular flexibility index (Phi) is 6.25. The van der Waals surface area contributed by atoms with E-state index in [1.807, 2.05) is 6.07 Å². The number of para-hydroxylation sites is 1. The van der Waals surface area contributed by atoms with Gasteiger partial charge in [0.05, 0.1) is 53.8 Å². The standard InChI is InChI=1S/C26H20N4O7/c1-34-16-7-8-18(23(10-16)35-2)21-11-19(17-5-3-4-6-20(17)28-21)26(31)29-27-13-15-9-24-25(37-14-36-24)12-22(15)30(32)33/h3-13H,14H2,1-2H3,(H,29,31). The largest absolute Gasteiger partial charge is 0.497 e. The van der Waals surface area contributed by atoms with Crippen molar-refractivity contribution in [2.75, 3.05) is 21.0 Å². The van der Waals surface area contributed by atoms with Crippen LogP contribution in [0.2, 0.25) is 0 Å². The number of ether oxygens (including phenoxy) is 4. The Bertz CT molecular complexity index is 1570. The Balaban J connectivity index is 1.49. The molecule has 0 saturated carbocycles. The molecule has 0 radical (unpaired) electrons. The number of methoxy groups -OCH3 is 2. The van der Waals surface area contributed by atoms with Crippen molar-refractivity contribution in [1.29, 1.82) is 0 Å². The number of carbonyl (C=O) groups excluding carboxylic acids is 1. The van der Waals surface area contributed by atoms with Gasteiger partial charge in [-0.15, -0.1) is 0 Å². The van der Waals surface area contributed by atoms with Gasteiger partial charge in [-0.2, -0.15) is 5.10 Å². The summed E-state index contributed by atoms with van der Waals surface area (Å²) in [6, 6.07) is 16.8. The Hall–Kier alpha value is -5.19. The van der Waals surface area contributed by atoms with Crippen molar-refractivity contribution in [1.82, 2.24) is 10.4 Å². The van der Waals surface area contributed by atoms with Gasteiger partial charge in [-0.1, -0.05) is 18.2 Å². The highest BCUT2D eigenvalue weighted by Gasteiger charge is 2.23. The molecule has 0 spiro atoms. The third-order valence-corrected chi connectivity index (χ3v) is 5.73. The third kappa shape index (κ3) is 4.57. The number of nitro benzene ring substituents is 1. The molecule has 0 bridgehead atoms. The molecule has 0 aliphatic carbocycles. The number of benzene rings is 3. The monoisotopic (exact) mass is 500 g/mol. The van der Waals surface area contributed by atoms with Crippen LogP contribution in [-0.2, 0) is 0 Å². The summed E-state index contributed by atoms with van der Waals surface area (Å²) in [4.78, 5) is 28.8. The van der Waals surface area contributed by atoms with Crippen LogP contribution in [0.3, 0.4) is 0 Å². The first-order valence-electron chi connectivity index (χ1n) is 11.0. The van der Waals surface area contributed by atoms with Gasteiger partial charge in [-0.05, 0) is 30.3 Å². The van der Waals surface area contributed by atoms with Crippen molar-refractivity contribution in [2.24, 2.45) is 5.10 Å². The molecule has 37 heavy (non-hydrogen) atoms. The molecule has 1 aliphatic heterocycles. The van der Waals surface area contributed by atoms with E-state index in [0.29, 0.717) is 45.0 Å². The van der Waals surface area contributed by atoms with Crippen molar-refractivity contribution in [3.63, 3.8) is 0 Å². The lowest BCUT2D eigenvalue weighted by atomic mass is 10.0. The van der Waals surface area contributed by atoms with Crippen molar-refractivity contribution in [3.8, 4) is 34.3 Å². The predicted molar refractivity (Wildman–Crippen MR) is 135 cm³/mol. The summed E-state index contributed by atoms with van der Waals surface area (Å²) in [6.07, 6.45) is 1.19. The van der Waals surface area contributed by atoms with Crippen molar-refractivity contribution < 1.29 is 28.7 Å². The number of carbonyl (C=O) groups is 1. The van der Waals surface area contributed by atoms with E-state index in [1.54, 1.807) is 49.6 Å². The number of pyridine rings is 1. The van der Waals surface area contributed by atoms with Crippen LogP contribution < -0.4 is 24.4 Å². The number of hydrazone groups is 1. The second-order valence-electron chi connectivity index (χ2n) is 7.86. The summed E-state index contributed by atoms with van der Waals surface area (Å²) in [7, 11) is 3.10. The van der Waals surface area contributed by atoms with Crippen molar-refractivity contribution in [2.45, 2.75) is 0 Å². The Morgan fingerprint density at radius 1 is 1.08 bits per heavy atom. The minimum absolute atomic E-state index is 0.0275. The Morgan fingerprint density at radius 2 is 1.86 bits per heavy atom. The topological polar surface area (TPSA) is 134 Å². The van der Waals surface area contributed by atoms with Gasteiger partial charge in [0.15, 0.2) is 11.5 Å². The molecule has 1 aliphatic rings. The highest BCUT2D eigenvalue weighted by Crippen LogP contribution is 2.37. The molecule has 0 fully saturated rings. The summed E-state index contributed by atoms with van der Waals surface area (Å²) in [5, 5.41) is 16.1. The molecule has 0 atom stereocenters. The van der Waals surface area contributed by atoms with Gasteiger partial charge < -0.3 is 18.9 Å². The number of rotatable bonds is 7. The fraction of sp³-hybridized carbons (Fsp3) is 0.115. The van der Waals surface area contributed by atoms with E-state index < -0.39 is 10.8 Å². The summed E-state index contributed by atoms with van der Waals surface area (Å²) < 4.78 is 21.3. The van der Waals surface area contributed by atoms with Gasteiger partial charge >= 0.3 is 0 Å². The molecular weight excluding hydrogens is 480 g/mol. The average molecular weight is 500 g/mol. The predicted octanol–water partition coefficient (Wildman–Crippen LogP) is 4.32. The zero-order valence-electron chi connectivity index (χ0n) is 19.8. The zero-order valence-corrected chi connectivity index (χ0v) is 19.8. The molecule has 1 N–H and O–H groups in total. The van der Waals surface area contributed by atoms with Gasteiger partial charge in [-0.25, -0.2) is 10.4 Å². The molecular formula is C26H20N4O7. The number of nitro groups is 1. The van der Waals surface area contributed by atoms with E-state index in [1.165, 1.54) is 25.5 Å². The summed E-state index contributed by atoms with van der Waals surface area (Å²) in [5.41, 5.74) is 4.47. The van der Waals surface area contributed by atoms with Crippen molar-refractivity contribution >= 4 is 28.7 Å². The van der Waals surface area contributed by atoms with E-state index in [0.717, 1.165) is 0 Å². The van der Waals surface area contributed by atoms with Crippen LogP contribution in [0.5, 0.6) is 23.0 Å². The third-order valence-electron chi connectivity index (χ3n) is 5.73. The first-order valence-corrected chi connectivity index (χ1v) is 11.0. The molecule has 11 heteroatoms. The quantitative estimate of drug-likeness (QED) is 0.225. The fourth-order valence-electron chi connectivity index (χ4n) is 3.94. The number of hydrogen-bond acceptors (Lipinski definition) is 9. The molecule has 1 aromatic heterocycles. The van der Waals surface area contributed by atoms with E-state index in [4.69, 9.17) is 23.9 Å². The lowest BCUT2D eigenvalue weighted by Gasteiger charge is -2.12. The number of nitrogens with zero attached hydrogens (tertiary/aromatic N) is 3. The highest BCUT2D eigenvalue weighted by molar-refractivity contribution is 6.07. The molecule has 186 valence electrons. The van der Waals surface area contributed by atoms with Gasteiger partial charge in [0.2, 0.25) is 6.79 Å². The summed E-state index contributed by atoms with van der Waals surface area (Å²) >= 11 is 0. The van der Waals surface area contributed by atoms with Crippen LogP contribution in [0.4, 0.5) is 5.69 Å². The first kappa shape index (κ1) is 23.5. The number of nitrogens with one attached hydrogen (secondary N) is 1. The number of amides is 1. The van der Waals surface area contributed by atoms with Gasteiger partial charge in [0.25, 0.3) is 11.6 Å². The maximum Gasteiger partial charge on any atom is 0.282 e. The molecule has 2 heterocycles. The lowest BCUT2D eigenvalue weighted by Crippen LogP contribution is -2.18. The van der Waals surface area contributed by atoms with E-state index in [2.05, 4.69) is 10.5 Å². The molecule has 5 rings (SSSR count). The number of hydrogen-bond donors (Lipinski definition) is 1. The normalized spacial score (nSPS) is 12.1. The molecule has 0 unspecified atom stereocenters. The van der Waals surface area contributed by atoms with Crippen LogP contribution in [-0.4, -0.2) is 43.0 Å². The van der Waals surface area contributed by atoms with Crippen molar-refractivity contribution in [3.05, 3.63) is 81.9 Å². The minimum Gasteiger partial charge on any atom is -0.497 e. The second-order valence-corrected chi connectivity index (χ2v) is 7.86. The Labute approximate surface area is 210 Å². The zero-order chi connectivity index (χ0) is 25.9. The molecule has 3 aromatic carbocycles. The fourth-order valence-corrected chi connectivity index (χ4v) is 3.94. The van der Waals surface area contributed by atoms with Crippen LogP contribution in [0.25, 0.3) is 22.2 Å². The first-order chi connectivity index (χ1) is 18.0. The van der Waals surface area contributed by atoms with Crippen LogP contribution >= 0.6 is 0 Å². The van der Waals surface area contributed by atoms with Gasteiger partial charge in [0.1, 0.15) is 11.5 Å². The molecule has 11 nitrogen and oxygen atoms in total. The van der Waals surface area contributed by atoms with E-state index in [-0.39, 0.29) is 23.8 Å². The summed E-state index contributed by atoms with van der Waals surface area (Å²) in [5.74, 6) is 1.26. The average Bonchev–Trinajstić information content (AvgIpc) is 3.39. The highest BCUT2D eigenvalue weighted by atomic mass is 16.7. The number of fused-ring (bicyclic) bond motifs is 2. The van der Waals surface area contributed by atoms with Crippen LogP contribution in [0.1, 0.15) is 15.9 Å². The minimum atomic E-state index is -0.559. The molecule has 1 amide bonds. The maximum absolute atomic E-state index is 13.2. The lowest BCUT2D eigenvalue weighted by molar-refractivity contribution is -0.385. The van der Waals surface area contributed by atoms with Crippen LogP contribution in [0, 0.1) is 10.1 Å². The smallest absolute Gasteiger partial charge is 0.282 e. The van der Waals surface area contributed by atoms with Gasteiger partial charge in [0, 0.05) is 17.0 Å². The van der Waals surface area contributed by atoms with Gasteiger partial charge in [-0.3, -0.25) is 14.9 Å². The summed E-state index contributed by atoms with van der Waals surface area (Å²) in [6.45, 7) is -0.0275. The van der Waals surface area contributed by atoms with E-state index in [9.17, 15) is 14.9 Å². The molecule has 0 saturated heterocycles. The maximum atomic E-state index is 13.2. The number of aromatic nitrogens is 1. The van der Waals surface area contributed by atoms with Crippen LogP contribution in [0.15, 0.2) is 65.8 Å². The van der Waals surface area contributed by atoms with E-state index >= 15 is 0 Å². The SMILES string of the molecule is COc1ccc(-c2cc(C(=O)NN=Cc3cc4c(cc3[N+](=O)[O-])OCO4)c3ccccc3n2)c(OC)c1. The molecule has 4 aromatic rings. The Morgan fingerprint density at radius 3 is 2.62 bits per heavy atom. The second kappa shape index (κ2) is 9.82.